The first kappa shape index (κ1) is 14.2. The second-order valence-corrected chi connectivity index (χ2v) is 5.73. The minimum atomic E-state index is -0.873. The molecule has 0 saturated carbocycles. The molecule has 0 bridgehead atoms. The fourth-order valence-electron chi connectivity index (χ4n) is 2.68. The molecule has 1 aliphatic rings. The molecule has 2 rings (SSSR count). The fraction of sp³-hybridized carbons (Fsp3) is 0.600. The molecule has 1 aromatic rings. The number of methoxy groups -OCH3 is 2. The van der Waals surface area contributed by atoms with Gasteiger partial charge in [-0.2, -0.15) is 0 Å². The van der Waals surface area contributed by atoms with Crippen LogP contribution in [0.3, 0.4) is 0 Å². The van der Waals surface area contributed by atoms with Crippen LogP contribution in [0.2, 0.25) is 0 Å². The molecule has 1 heterocycles. The van der Waals surface area contributed by atoms with E-state index in [1.807, 2.05) is 32.9 Å². The summed E-state index contributed by atoms with van der Waals surface area (Å²) < 4.78 is 10.7. The lowest BCUT2D eigenvalue weighted by atomic mass is 9.73. The second-order valence-electron chi connectivity index (χ2n) is 5.73. The lowest BCUT2D eigenvalue weighted by Gasteiger charge is -2.45. The van der Waals surface area contributed by atoms with Crippen molar-refractivity contribution in [3.63, 3.8) is 0 Å². The van der Waals surface area contributed by atoms with Crippen LogP contribution in [0.25, 0.3) is 0 Å². The molecule has 0 spiro atoms. The molecule has 19 heavy (non-hydrogen) atoms. The quantitative estimate of drug-likeness (QED) is 0.875. The van der Waals surface area contributed by atoms with Crippen LogP contribution in [-0.2, 0) is 12.0 Å². The molecule has 1 aromatic carbocycles. The van der Waals surface area contributed by atoms with Gasteiger partial charge in [-0.25, -0.2) is 0 Å². The van der Waals surface area contributed by atoms with E-state index in [-0.39, 0.29) is 0 Å². The van der Waals surface area contributed by atoms with Crippen molar-refractivity contribution in [1.29, 1.82) is 0 Å². The maximum absolute atomic E-state index is 10.5. The lowest BCUT2D eigenvalue weighted by Crippen LogP contribution is -2.58. The third kappa shape index (κ3) is 2.19. The highest BCUT2D eigenvalue weighted by Crippen LogP contribution is 2.42. The molecule has 0 saturated heterocycles. The predicted molar refractivity (Wildman–Crippen MR) is 74.9 cm³/mol. The molecule has 0 unspecified atom stereocenters. The van der Waals surface area contributed by atoms with Crippen molar-refractivity contribution < 1.29 is 14.6 Å². The first-order chi connectivity index (χ1) is 8.83. The molecular weight excluding hydrogens is 242 g/mol. The Bertz CT molecular complexity index is 479. The van der Waals surface area contributed by atoms with Crippen molar-refractivity contribution in [1.82, 2.24) is 5.32 Å². The van der Waals surface area contributed by atoms with Gasteiger partial charge in [-0.05, 0) is 50.5 Å². The van der Waals surface area contributed by atoms with Crippen molar-refractivity contribution in [2.45, 2.75) is 38.3 Å². The van der Waals surface area contributed by atoms with Gasteiger partial charge in [0.15, 0.2) is 11.5 Å². The summed E-state index contributed by atoms with van der Waals surface area (Å²) >= 11 is 0. The lowest BCUT2D eigenvalue weighted by molar-refractivity contribution is -0.0195. The van der Waals surface area contributed by atoms with E-state index in [2.05, 4.69) is 5.32 Å². The van der Waals surface area contributed by atoms with Crippen LogP contribution in [-0.4, -0.2) is 31.5 Å². The van der Waals surface area contributed by atoms with Gasteiger partial charge in [-0.1, -0.05) is 0 Å². The number of ether oxygens (including phenoxy) is 2. The minimum Gasteiger partial charge on any atom is -0.493 e. The normalized spacial score (nSPS) is 22.8. The van der Waals surface area contributed by atoms with Gasteiger partial charge in [0.25, 0.3) is 0 Å². The summed E-state index contributed by atoms with van der Waals surface area (Å²) in [4.78, 5) is 0. The zero-order chi connectivity index (χ0) is 14.3. The van der Waals surface area contributed by atoms with Crippen molar-refractivity contribution in [2.75, 3.05) is 20.8 Å². The summed E-state index contributed by atoms with van der Waals surface area (Å²) in [6.07, 6.45) is 0.918. The molecule has 1 aliphatic heterocycles. The summed E-state index contributed by atoms with van der Waals surface area (Å²) in [5.74, 6) is 1.43. The third-order valence-corrected chi connectivity index (χ3v) is 4.24. The third-order valence-electron chi connectivity index (χ3n) is 4.24. The number of hydrogen-bond acceptors (Lipinski definition) is 4. The van der Waals surface area contributed by atoms with E-state index in [4.69, 9.17) is 9.47 Å². The topological polar surface area (TPSA) is 50.7 Å². The highest BCUT2D eigenvalue weighted by atomic mass is 16.5. The van der Waals surface area contributed by atoms with Crippen molar-refractivity contribution in [2.24, 2.45) is 0 Å². The Morgan fingerprint density at radius 1 is 1.21 bits per heavy atom. The Morgan fingerprint density at radius 2 is 1.79 bits per heavy atom. The van der Waals surface area contributed by atoms with Crippen LogP contribution >= 0.6 is 0 Å². The summed E-state index contributed by atoms with van der Waals surface area (Å²) in [7, 11) is 3.27. The molecule has 1 atom stereocenters. The van der Waals surface area contributed by atoms with Gasteiger partial charge in [0.05, 0.1) is 25.4 Å². The zero-order valence-corrected chi connectivity index (χ0v) is 12.3. The molecule has 0 amide bonds. The standard InChI is InChI=1S/C15H23NO3/c1-14(2,17)15(3)11-9-13(19-5)12(18-4)8-10(11)6-7-16-15/h8-9,16-17H,6-7H2,1-5H3/t15-/m0/s1. The Balaban J connectivity index is 2.62. The highest BCUT2D eigenvalue weighted by molar-refractivity contribution is 5.51. The smallest absolute Gasteiger partial charge is 0.161 e. The number of nitrogens with one attached hydrogen (secondary N) is 1. The number of aliphatic hydroxyl groups is 1. The Hall–Kier alpha value is -1.26. The summed E-state index contributed by atoms with van der Waals surface area (Å²) in [6.45, 7) is 6.51. The fourth-order valence-corrected chi connectivity index (χ4v) is 2.68. The van der Waals surface area contributed by atoms with E-state index in [1.165, 1.54) is 5.56 Å². The van der Waals surface area contributed by atoms with E-state index in [0.717, 1.165) is 24.3 Å². The van der Waals surface area contributed by atoms with Crippen LogP contribution in [0.5, 0.6) is 11.5 Å². The average Bonchev–Trinajstić information content (AvgIpc) is 2.36. The molecule has 106 valence electrons. The summed E-state index contributed by atoms with van der Waals surface area (Å²) in [5, 5.41) is 13.9. The van der Waals surface area contributed by atoms with Crippen LogP contribution in [0.15, 0.2) is 12.1 Å². The molecule has 0 radical (unpaired) electrons. The molecule has 4 heteroatoms. The van der Waals surface area contributed by atoms with E-state index < -0.39 is 11.1 Å². The number of fused-ring (bicyclic) bond motifs is 1. The molecular formula is C15H23NO3. The highest BCUT2D eigenvalue weighted by Gasteiger charge is 2.44. The van der Waals surface area contributed by atoms with Crippen molar-refractivity contribution in [3.8, 4) is 11.5 Å². The molecule has 0 aliphatic carbocycles. The number of benzene rings is 1. The number of hydrogen-bond donors (Lipinski definition) is 2. The Kier molecular flexibility index (Phi) is 3.49. The minimum absolute atomic E-state index is 0.500. The first-order valence-electron chi connectivity index (χ1n) is 6.56. The van der Waals surface area contributed by atoms with E-state index >= 15 is 0 Å². The Morgan fingerprint density at radius 3 is 2.32 bits per heavy atom. The zero-order valence-electron chi connectivity index (χ0n) is 12.3. The van der Waals surface area contributed by atoms with Gasteiger partial charge < -0.3 is 19.9 Å². The van der Waals surface area contributed by atoms with Gasteiger partial charge in [0.1, 0.15) is 0 Å². The van der Waals surface area contributed by atoms with Crippen LogP contribution in [0.1, 0.15) is 31.9 Å². The van der Waals surface area contributed by atoms with E-state index in [1.54, 1.807) is 14.2 Å². The SMILES string of the molecule is COc1cc2c(cc1OC)[C@@](C)(C(C)(C)O)NCC2. The largest absolute Gasteiger partial charge is 0.493 e. The second kappa shape index (κ2) is 4.69. The van der Waals surface area contributed by atoms with Crippen LogP contribution in [0.4, 0.5) is 0 Å². The monoisotopic (exact) mass is 265 g/mol. The van der Waals surface area contributed by atoms with Gasteiger partial charge >= 0.3 is 0 Å². The Labute approximate surface area is 114 Å². The van der Waals surface area contributed by atoms with Crippen LogP contribution in [0, 0.1) is 0 Å². The molecule has 0 aromatic heterocycles. The summed E-state index contributed by atoms with van der Waals surface area (Å²) in [6, 6.07) is 3.98. The summed E-state index contributed by atoms with van der Waals surface area (Å²) in [5.41, 5.74) is 0.895. The van der Waals surface area contributed by atoms with Crippen LogP contribution < -0.4 is 14.8 Å². The maximum Gasteiger partial charge on any atom is 0.161 e. The van der Waals surface area contributed by atoms with E-state index in [0.29, 0.717) is 5.75 Å². The van der Waals surface area contributed by atoms with E-state index in [9.17, 15) is 5.11 Å². The average molecular weight is 265 g/mol. The van der Waals surface area contributed by atoms with Gasteiger partial charge in [-0.3, -0.25) is 0 Å². The molecule has 0 fully saturated rings. The van der Waals surface area contributed by atoms with Crippen molar-refractivity contribution >= 4 is 0 Å². The number of rotatable bonds is 3. The predicted octanol–water partition coefficient (Wildman–Crippen LogP) is 1.84. The van der Waals surface area contributed by atoms with Gasteiger partial charge in [0.2, 0.25) is 0 Å². The molecule has 4 nitrogen and oxygen atoms in total. The van der Waals surface area contributed by atoms with Crippen molar-refractivity contribution in [3.05, 3.63) is 23.3 Å². The maximum atomic E-state index is 10.5. The molecule has 2 N–H and O–H groups in total. The van der Waals surface area contributed by atoms with Gasteiger partial charge in [0, 0.05) is 6.54 Å². The first-order valence-corrected chi connectivity index (χ1v) is 6.56. The van der Waals surface area contributed by atoms with Gasteiger partial charge in [-0.15, -0.1) is 0 Å².